The fraction of sp³-hybridized carbons (Fsp3) is 0.467. The van der Waals surface area contributed by atoms with E-state index in [4.69, 9.17) is 17.3 Å². The smallest absolute Gasteiger partial charge is 0.267 e. The van der Waals surface area contributed by atoms with Crippen LogP contribution in [0.15, 0.2) is 35.7 Å². The molecule has 0 saturated heterocycles. The summed E-state index contributed by atoms with van der Waals surface area (Å²) in [5, 5.41) is 5.23. The normalized spacial score (nSPS) is 18.8. The molecule has 5 rings (SSSR count). The lowest BCUT2D eigenvalue weighted by molar-refractivity contribution is -0.129. The summed E-state index contributed by atoms with van der Waals surface area (Å²) in [6.07, 6.45) is 18.6. The van der Waals surface area contributed by atoms with E-state index in [0.717, 1.165) is 79.0 Å². The second-order valence-corrected chi connectivity index (χ2v) is 10.6. The summed E-state index contributed by atoms with van der Waals surface area (Å²) in [4.78, 5) is 32.0. The lowest BCUT2D eigenvalue weighted by Crippen LogP contribution is -2.36. The highest BCUT2D eigenvalue weighted by Gasteiger charge is 2.33. The van der Waals surface area contributed by atoms with Gasteiger partial charge in [-0.3, -0.25) is 19.3 Å². The van der Waals surface area contributed by atoms with Crippen LogP contribution in [0, 0.1) is 12.3 Å². The third-order valence-electron chi connectivity index (χ3n) is 8.09. The number of fused-ring (bicyclic) bond motifs is 1. The van der Waals surface area contributed by atoms with Crippen molar-refractivity contribution in [1.82, 2.24) is 19.7 Å². The minimum absolute atomic E-state index is 0.0913. The van der Waals surface area contributed by atoms with Gasteiger partial charge in [0, 0.05) is 43.9 Å². The van der Waals surface area contributed by atoms with Gasteiger partial charge in [-0.2, -0.15) is 5.10 Å². The molecule has 198 valence electrons. The minimum Gasteiger partial charge on any atom is -0.364 e. The standard InChI is InChI=1S/C30H36N6O2/c1-4-27-22(17-20(2)23-12-13-26(29(31)38)32-18-23)9-8-15-35(27)30-25-19-34(21(3)37)16-14-28(25)36(33-30)24-10-6-5-7-11-24/h1,12-13,17-18,24H,5-11,14-16,19H2,2-3H3,(H2,31,38)/b20-17+. The maximum Gasteiger partial charge on any atom is 0.267 e. The van der Waals surface area contributed by atoms with E-state index >= 15 is 0 Å². The van der Waals surface area contributed by atoms with Crippen LogP contribution in [-0.4, -0.2) is 44.6 Å². The summed E-state index contributed by atoms with van der Waals surface area (Å²) < 4.78 is 2.27. The number of rotatable bonds is 5. The maximum atomic E-state index is 12.3. The van der Waals surface area contributed by atoms with E-state index in [0.29, 0.717) is 12.6 Å². The zero-order chi connectivity index (χ0) is 26.8. The van der Waals surface area contributed by atoms with E-state index in [-0.39, 0.29) is 11.6 Å². The summed E-state index contributed by atoms with van der Waals surface area (Å²) in [6, 6.07) is 3.91. The summed E-state index contributed by atoms with van der Waals surface area (Å²) in [5.74, 6) is 3.42. The molecule has 2 amide bonds. The number of carbonyl (C=O) groups is 2. The fourth-order valence-corrected chi connectivity index (χ4v) is 6.01. The number of pyridine rings is 1. The first-order valence-electron chi connectivity index (χ1n) is 13.6. The van der Waals surface area contributed by atoms with E-state index in [1.807, 2.05) is 17.9 Å². The van der Waals surface area contributed by atoms with Gasteiger partial charge in [-0.05, 0) is 55.4 Å². The number of primary amides is 1. The summed E-state index contributed by atoms with van der Waals surface area (Å²) in [6.45, 7) is 5.75. The first-order chi connectivity index (χ1) is 18.4. The van der Waals surface area contributed by atoms with Crippen LogP contribution in [0.1, 0.15) is 92.1 Å². The first-order valence-corrected chi connectivity index (χ1v) is 13.6. The molecule has 2 N–H and O–H groups in total. The Hall–Kier alpha value is -3.86. The summed E-state index contributed by atoms with van der Waals surface area (Å²) >= 11 is 0. The Balaban J connectivity index is 1.54. The van der Waals surface area contributed by atoms with E-state index in [2.05, 4.69) is 26.6 Å². The molecule has 0 radical (unpaired) electrons. The Kier molecular flexibility index (Phi) is 7.37. The van der Waals surface area contributed by atoms with Gasteiger partial charge < -0.3 is 15.5 Å². The fourth-order valence-electron chi connectivity index (χ4n) is 6.01. The topological polar surface area (TPSA) is 97.4 Å². The number of amides is 2. The van der Waals surface area contributed by atoms with Crippen LogP contribution in [0.2, 0.25) is 0 Å². The highest BCUT2D eigenvalue weighted by Crippen LogP contribution is 2.38. The Morgan fingerprint density at radius 3 is 2.55 bits per heavy atom. The van der Waals surface area contributed by atoms with Crippen molar-refractivity contribution in [3.8, 4) is 12.3 Å². The maximum absolute atomic E-state index is 12.3. The molecule has 2 aromatic heterocycles. The lowest BCUT2D eigenvalue weighted by Gasteiger charge is -2.32. The minimum atomic E-state index is -0.544. The van der Waals surface area contributed by atoms with Crippen molar-refractivity contribution in [1.29, 1.82) is 0 Å². The predicted octanol–water partition coefficient (Wildman–Crippen LogP) is 4.38. The molecule has 4 heterocycles. The molecule has 0 spiro atoms. The zero-order valence-electron chi connectivity index (χ0n) is 22.4. The van der Waals surface area contributed by atoms with Crippen LogP contribution in [0.25, 0.3) is 5.57 Å². The summed E-state index contributed by atoms with van der Waals surface area (Å²) in [7, 11) is 0. The molecule has 38 heavy (non-hydrogen) atoms. The molecule has 3 aliphatic rings. The van der Waals surface area contributed by atoms with Gasteiger partial charge in [0.2, 0.25) is 5.91 Å². The van der Waals surface area contributed by atoms with E-state index in [1.165, 1.54) is 25.0 Å². The highest BCUT2D eigenvalue weighted by atomic mass is 16.2. The number of terminal acetylenes is 1. The number of hydrogen-bond acceptors (Lipinski definition) is 5. The second-order valence-electron chi connectivity index (χ2n) is 10.6. The Morgan fingerprint density at radius 1 is 1.11 bits per heavy atom. The van der Waals surface area contributed by atoms with Gasteiger partial charge in [0.1, 0.15) is 5.69 Å². The van der Waals surface area contributed by atoms with Crippen LogP contribution in [-0.2, 0) is 17.8 Å². The van der Waals surface area contributed by atoms with Gasteiger partial charge in [0.25, 0.3) is 5.91 Å². The predicted molar refractivity (Wildman–Crippen MR) is 148 cm³/mol. The number of nitrogens with two attached hydrogens (primary N) is 1. The Morgan fingerprint density at radius 2 is 1.89 bits per heavy atom. The molecule has 1 fully saturated rings. The number of allylic oxidation sites excluding steroid dienone is 4. The monoisotopic (exact) mass is 512 g/mol. The van der Waals surface area contributed by atoms with Gasteiger partial charge in [0.15, 0.2) is 5.82 Å². The second kappa shape index (κ2) is 10.9. The van der Waals surface area contributed by atoms with Gasteiger partial charge in [0.05, 0.1) is 18.3 Å². The van der Waals surface area contributed by atoms with Crippen molar-refractivity contribution in [2.45, 2.75) is 77.8 Å². The number of aromatic nitrogens is 3. The molecule has 0 aromatic carbocycles. The highest BCUT2D eigenvalue weighted by molar-refractivity contribution is 5.91. The molecular weight excluding hydrogens is 476 g/mol. The molecule has 0 unspecified atom stereocenters. The van der Waals surface area contributed by atoms with Crippen molar-refractivity contribution in [3.63, 3.8) is 0 Å². The van der Waals surface area contributed by atoms with Crippen molar-refractivity contribution >= 4 is 23.2 Å². The van der Waals surface area contributed by atoms with Crippen LogP contribution in [0.4, 0.5) is 5.82 Å². The number of anilines is 1. The van der Waals surface area contributed by atoms with Crippen LogP contribution >= 0.6 is 0 Å². The molecule has 0 bridgehead atoms. The average molecular weight is 513 g/mol. The van der Waals surface area contributed by atoms with Crippen molar-refractivity contribution in [3.05, 3.63) is 58.2 Å². The first kappa shape index (κ1) is 25.8. The summed E-state index contributed by atoms with van der Waals surface area (Å²) in [5.41, 5.74) is 11.8. The van der Waals surface area contributed by atoms with E-state index < -0.39 is 5.91 Å². The van der Waals surface area contributed by atoms with Gasteiger partial charge in [-0.25, -0.2) is 0 Å². The van der Waals surface area contributed by atoms with Gasteiger partial charge in [-0.1, -0.05) is 37.3 Å². The van der Waals surface area contributed by atoms with Crippen LogP contribution in [0.5, 0.6) is 0 Å². The van der Waals surface area contributed by atoms with Crippen LogP contribution < -0.4 is 10.6 Å². The van der Waals surface area contributed by atoms with Gasteiger partial charge >= 0.3 is 0 Å². The SMILES string of the molecule is C#CC1=C(/C=C(\C)c2ccc(C(N)=O)nc2)CCCN1c1nn(C2CCCCC2)c2c1CN(C(C)=O)CC2. The molecule has 8 heteroatoms. The molecular formula is C30H36N6O2. The largest absolute Gasteiger partial charge is 0.364 e. The third kappa shape index (κ3) is 4.98. The molecule has 8 nitrogen and oxygen atoms in total. The quantitative estimate of drug-likeness (QED) is 0.600. The molecule has 2 aliphatic heterocycles. The number of hydrogen-bond donors (Lipinski definition) is 1. The van der Waals surface area contributed by atoms with Crippen molar-refractivity contribution in [2.24, 2.45) is 5.73 Å². The molecule has 1 aliphatic carbocycles. The average Bonchev–Trinajstić information content (AvgIpc) is 3.32. The zero-order valence-corrected chi connectivity index (χ0v) is 22.4. The van der Waals surface area contributed by atoms with E-state index in [1.54, 1.807) is 19.2 Å². The van der Waals surface area contributed by atoms with Gasteiger partial charge in [-0.15, -0.1) is 6.42 Å². The number of nitrogens with zero attached hydrogens (tertiary/aromatic N) is 5. The lowest BCUT2D eigenvalue weighted by atomic mass is 9.95. The third-order valence-corrected chi connectivity index (χ3v) is 8.09. The van der Waals surface area contributed by atoms with Crippen molar-refractivity contribution < 1.29 is 9.59 Å². The Labute approximate surface area is 224 Å². The van der Waals surface area contributed by atoms with E-state index in [9.17, 15) is 9.59 Å². The molecule has 1 saturated carbocycles. The van der Waals surface area contributed by atoms with Crippen LogP contribution in [0.3, 0.4) is 0 Å². The molecule has 0 atom stereocenters. The molecule has 2 aromatic rings. The van der Waals surface area contributed by atoms with Crippen molar-refractivity contribution in [2.75, 3.05) is 18.0 Å². The number of carbonyl (C=O) groups excluding carboxylic acids is 2. The Bertz CT molecular complexity index is 1340.